The van der Waals surface area contributed by atoms with E-state index in [0.29, 0.717) is 6.61 Å². The second-order valence-corrected chi connectivity index (χ2v) is 6.65. The van der Waals surface area contributed by atoms with Crippen molar-refractivity contribution in [3.05, 3.63) is 72.1 Å². The molecule has 0 aromatic heterocycles. The normalized spacial score (nSPS) is 16.4. The van der Waals surface area contributed by atoms with E-state index in [1.165, 1.54) is 30.5 Å². The molecule has 1 saturated heterocycles. The number of ether oxygens (including phenoxy) is 1. The van der Waals surface area contributed by atoms with Crippen molar-refractivity contribution in [1.82, 2.24) is 4.90 Å². The Morgan fingerprint density at radius 3 is 2.44 bits per heavy atom. The summed E-state index contributed by atoms with van der Waals surface area (Å²) in [6.07, 6.45) is 7.99. The van der Waals surface area contributed by atoms with Crippen LogP contribution in [0.1, 0.15) is 24.8 Å². The van der Waals surface area contributed by atoms with Gasteiger partial charge in [0.05, 0.1) is 6.61 Å². The van der Waals surface area contributed by atoms with E-state index >= 15 is 0 Å². The number of likely N-dealkylation sites (tertiary alicyclic amines) is 1. The third kappa shape index (κ3) is 6.02. The standard InChI is InChI=1S/C22H26FNO/c23-21-8-10-22(11-9-21)25-18-14-20-12-16-24(17-13-20)15-4-7-19-5-2-1-3-6-19/h1-11,20H,12-18H2/b7-4+. The average molecular weight is 339 g/mol. The number of hydrogen-bond acceptors (Lipinski definition) is 2. The van der Waals surface area contributed by atoms with Gasteiger partial charge in [-0.05, 0) is 68.1 Å². The van der Waals surface area contributed by atoms with Crippen molar-refractivity contribution in [3.8, 4) is 5.75 Å². The highest BCUT2D eigenvalue weighted by Gasteiger charge is 2.18. The van der Waals surface area contributed by atoms with Gasteiger partial charge in [0.25, 0.3) is 0 Å². The Balaban J connectivity index is 1.32. The second-order valence-electron chi connectivity index (χ2n) is 6.65. The van der Waals surface area contributed by atoms with Crippen LogP contribution in [0.2, 0.25) is 0 Å². The van der Waals surface area contributed by atoms with Gasteiger partial charge in [0, 0.05) is 6.54 Å². The highest BCUT2D eigenvalue weighted by molar-refractivity contribution is 5.48. The van der Waals surface area contributed by atoms with Gasteiger partial charge in [0.15, 0.2) is 0 Å². The predicted molar refractivity (Wildman–Crippen MR) is 101 cm³/mol. The third-order valence-electron chi connectivity index (χ3n) is 4.79. The summed E-state index contributed by atoms with van der Waals surface area (Å²) in [5.41, 5.74) is 1.26. The summed E-state index contributed by atoms with van der Waals surface area (Å²) in [5.74, 6) is 1.26. The molecule has 1 aliphatic heterocycles. The molecule has 2 aromatic carbocycles. The summed E-state index contributed by atoms with van der Waals surface area (Å²) >= 11 is 0. The van der Waals surface area contributed by atoms with Crippen molar-refractivity contribution >= 4 is 6.08 Å². The van der Waals surface area contributed by atoms with Crippen molar-refractivity contribution in [2.24, 2.45) is 5.92 Å². The molecular weight excluding hydrogens is 313 g/mol. The molecule has 132 valence electrons. The first-order valence-electron chi connectivity index (χ1n) is 9.12. The molecule has 0 amide bonds. The maximum atomic E-state index is 12.9. The molecule has 1 fully saturated rings. The lowest BCUT2D eigenvalue weighted by atomic mass is 9.94. The lowest BCUT2D eigenvalue weighted by Gasteiger charge is -2.31. The van der Waals surface area contributed by atoms with Gasteiger partial charge in [-0.15, -0.1) is 0 Å². The highest BCUT2D eigenvalue weighted by atomic mass is 19.1. The fraction of sp³-hybridized carbons (Fsp3) is 0.364. The van der Waals surface area contributed by atoms with Crippen molar-refractivity contribution in [2.45, 2.75) is 19.3 Å². The molecule has 3 rings (SSSR count). The van der Waals surface area contributed by atoms with Gasteiger partial charge in [-0.2, -0.15) is 0 Å². The Hall–Kier alpha value is -2.13. The Labute approximate surface area is 149 Å². The minimum atomic E-state index is -0.221. The first-order chi connectivity index (χ1) is 12.3. The van der Waals surface area contributed by atoms with E-state index in [1.807, 2.05) is 6.07 Å². The van der Waals surface area contributed by atoms with Crippen LogP contribution in [-0.4, -0.2) is 31.1 Å². The van der Waals surface area contributed by atoms with Crippen molar-refractivity contribution < 1.29 is 9.13 Å². The first-order valence-corrected chi connectivity index (χ1v) is 9.12. The molecule has 0 saturated carbocycles. The summed E-state index contributed by atoms with van der Waals surface area (Å²) < 4.78 is 18.6. The molecule has 2 nitrogen and oxygen atoms in total. The molecule has 25 heavy (non-hydrogen) atoms. The summed E-state index contributed by atoms with van der Waals surface area (Å²) in [4.78, 5) is 2.51. The second kappa shape index (κ2) is 9.38. The van der Waals surface area contributed by atoms with Crippen LogP contribution in [0.5, 0.6) is 5.75 Å². The zero-order chi connectivity index (χ0) is 17.3. The minimum Gasteiger partial charge on any atom is -0.494 e. The van der Waals surface area contributed by atoms with E-state index in [2.05, 4.69) is 41.3 Å². The Morgan fingerprint density at radius 1 is 1.00 bits per heavy atom. The molecule has 0 atom stereocenters. The van der Waals surface area contributed by atoms with Gasteiger partial charge in [0.1, 0.15) is 11.6 Å². The monoisotopic (exact) mass is 339 g/mol. The van der Waals surface area contributed by atoms with Crippen LogP contribution in [-0.2, 0) is 0 Å². The highest BCUT2D eigenvalue weighted by Crippen LogP contribution is 2.21. The minimum absolute atomic E-state index is 0.221. The van der Waals surface area contributed by atoms with Crippen LogP contribution >= 0.6 is 0 Å². The molecule has 0 radical (unpaired) electrons. The predicted octanol–water partition coefficient (Wildman–Crippen LogP) is 5.02. The quantitative estimate of drug-likeness (QED) is 0.702. The van der Waals surface area contributed by atoms with Crippen LogP contribution in [0.3, 0.4) is 0 Å². The smallest absolute Gasteiger partial charge is 0.123 e. The molecule has 0 spiro atoms. The molecule has 0 aliphatic carbocycles. The van der Waals surface area contributed by atoms with Crippen LogP contribution in [0.4, 0.5) is 4.39 Å². The number of rotatable bonds is 7. The summed E-state index contributed by atoms with van der Waals surface area (Å²) in [6.45, 7) is 4.04. The van der Waals surface area contributed by atoms with E-state index in [0.717, 1.165) is 37.7 Å². The Bertz CT molecular complexity index is 645. The zero-order valence-electron chi connectivity index (χ0n) is 14.6. The van der Waals surface area contributed by atoms with Gasteiger partial charge in [0.2, 0.25) is 0 Å². The molecule has 0 N–H and O–H groups in total. The van der Waals surface area contributed by atoms with Gasteiger partial charge in [-0.1, -0.05) is 42.5 Å². The molecule has 3 heteroatoms. The molecule has 1 aliphatic rings. The Morgan fingerprint density at radius 2 is 1.72 bits per heavy atom. The van der Waals surface area contributed by atoms with Crippen molar-refractivity contribution in [1.29, 1.82) is 0 Å². The van der Waals surface area contributed by atoms with Crippen molar-refractivity contribution in [2.75, 3.05) is 26.2 Å². The average Bonchev–Trinajstić information content (AvgIpc) is 2.66. The molecule has 0 unspecified atom stereocenters. The number of benzene rings is 2. The van der Waals surface area contributed by atoms with E-state index in [9.17, 15) is 4.39 Å². The van der Waals surface area contributed by atoms with E-state index in [4.69, 9.17) is 4.74 Å². The summed E-state index contributed by atoms with van der Waals surface area (Å²) in [6, 6.07) is 16.7. The number of hydrogen-bond donors (Lipinski definition) is 0. The van der Waals surface area contributed by atoms with Crippen LogP contribution in [0, 0.1) is 11.7 Å². The SMILES string of the molecule is Fc1ccc(OCCC2CCN(C/C=C/c3ccccc3)CC2)cc1. The third-order valence-corrected chi connectivity index (χ3v) is 4.79. The van der Waals surface area contributed by atoms with Gasteiger partial charge in [-0.25, -0.2) is 4.39 Å². The van der Waals surface area contributed by atoms with Gasteiger partial charge >= 0.3 is 0 Å². The van der Waals surface area contributed by atoms with E-state index in [1.54, 1.807) is 12.1 Å². The van der Waals surface area contributed by atoms with Crippen LogP contribution in [0.15, 0.2) is 60.7 Å². The van der Waals surface area contributed by atoms with Gasteiger partial charge < -0.3 is 4.74 Å². The molecule has 0 bridgehead atoms. The summed E-state index contributed by atoms with van der Waals surface area (Å²) in [5, 5.41) is 0. The molecule has 1 heterocycles. The summed E-state index contributed by atoms with van der Waals surface area (Å²) in [7, 11) is 0. The number of piperidine rings is 1. The van der Waals surface area contributed by atoms with Crippen molar-refractivity contribution in [3.63, 3.8) is 0 Å². The fourth-order valence-electron chi connectivity index (χ4n) is 3.23. The topological polar surface area (TPSA) is 12.5 Å². The van der Waals surface area contributed by atoms with Crippen LogP contribution in [0.25, 0.3) is 6.08 Å². The van der Waals surface area contributed by atoms with E-state index in [-0.39, 0.29) is 5.82 Å². The lowest BCUT2D eigenvalue weighted by Crippen LogP contribution is -2.34. The van der Waals surface area contributed by atoms with Gasteiger partial charge in [-0.3, -0.25) is 4.90 Å². The zero-order valence-corrected chi connectivity index (χ0v) is 14.6. The largest absolute Gasteiger partial charge is 0.494 e. The number of nitrogens with zero attached hydrogens (tertiary/aromatic N) is 1. The molecular formula is C22H26FNO. The van der Waals surface area contributed by atoms with Crippen LogP contribution < -0.4 is 4.74 Å². The maximum Gasteiger partial charge on any atom is 0.123 e. The van der Waals surface area contributed by atoms with E-state index < -0.39 is 0 Å². The Kier molecular flexibility index (Phi) is 6.63. The maximum absolute atomic E-state index is 12.9. The first kappa shape index (κ1) is 17.7. The number of halogens is 1. The fourth-order valence-corrected chi connectivity index (χ4v) is 3.23. The molecule has 2 aromatic rings. The lowest BCUT2D eigenvalue weighted by molar-refractivity contribution is 0.175.